The van der Waals surface area contributed by atoms with E-state index in [0.29, 0.717) is 28.8 Å². The van der Waals surface area contributed by atoms with Crippen LogP contribution in [0.5, 0.6) is 11.5 Å². The second-order valence-electron chi connectivity index (χ2n) is 5.79. The predicted octanol–water partition coefficient (Wildman–Crippen LogP) is 4.25. The van der Waals surface area contributed by atoms with Gasteiger partial charge in [0.2, 0.25) is 0 Å². The number of rotatable bonds is 8. The number of amides is 1. The molecular formula is C21H22ClNO5. The summed E-state index contributed by atoms with van der Waals surface area (Å²) in [4.78, 5) is 23.8. The number of methoxy groups -OCH3 is 1. The molecule has 0 unspecified atom stereocenters. The molecule has 6 nitrogen and oxygen atoms in total. The summed E-state index contributed by atoms with van der Waals surface area (Å²) >= 11 is 5.91. The minimum Gasteiger partial charge on any atom is -0.493 e. The monoisotopic (exact) mass is 403 g/mol. The summed E-state index contributed by atoms with van der Waals surface area (Å²) < 4.78 is 15.7. The van der Waals surface area contributed by atoms with E-state index in [-0.39, 0.29) is 0 Å². The number of hydrogen-bond donors (Lipinski definition) is 1. The topological polar surface area (TPSA) is 73.9 Å². The molecule has 2 rings (SSSR count). The number of anilines is 1. The zero-order chi connectivity index (χ0) is 20.5. The normalized spacial score (nSPS) is 10.6. The van der Waals surface area contributed by atoms with Crippen LogP contribution in [0, 0.1) is 6.92 Å². The summed E-state index contributed by atoms with van der Waals surface area (Å²) in [5.74, 6) is 0.104. The van der Waals surface area contributed by atoms with Gasteiger partial charge in [-0.2, -0.15) is 0 Å². The molecule has 0 aliphatic heterocycles. The molecular weight excluding hydrogens is 382 g/mol. The van der Waals surface area contributed by atoms with E-state index in [2.05, 4.69) is 5.32 Å². The van der Waals surface area contributed by atoms with Crippen LogP contribution in [0.1, 0.15) is 18.1 Å². The highest BCUT2D eigenvalue weighted by molar-refractivity contribution is 6.31. The zero-order valence-corrected chi connectivity index (χ0v) is 16.7. The van der Waals surface area contributed by atoms with Crippen LogP contribution in [-0.2, 0) is 14.3 Å². The zero-order valence-electron chi connectivity index (χ0n) is 16.0. The van der Waals surface area contributed by atoms with E-state index < -0.39 is 18.5 Å². The maximum Gasteiger partial charge on any atom is 0.331 e. The molecule has 2 aromatic rings. The SMILES string of the molecule is CCOc1ccc(/C=C/C(=O)OCC(=O)Nc2cc(Cl)ccc2C)cc1OC. The molecule has 0 heterocycles. The fraction of sp³-hybridized carbons (Fsp3) is 0.238. The third-order valence-corrected chi connectivity index (χ3v) is 3.95. The average Bonchev–Trinajstić information content (AvgIpc) is 2.68. The standard InChI is InChI=1S/C21H22ClNO5/c1-4-27-18-9-6-15(11-19(18)26-3)7-10-21(25)28-13-20(24)23-17-12-16(22)8-5-14(17)2/h5-12H,4,13H2,1-3H3,(H,23,24)/b10-7+. The fourth-order valence-corrected chi connectivity index (χ4v) is 2.50. The number of esters is 1. The van der Waals surface area contributed by atoms with Crippen molar-refractivity contribution in [3.8, 4) is 11.5 Å². The Kier molecular flexibility index (Phi) is 7.89. The molecule has 0 atom stereocenters. The molecule has 7 heteroatoms. The number of carbonyl (C=O) groups is 2. The van der Waals surface area contributed by atoms with Gasteiger partial charge in [0.15, 0.2) is 18.1 Å². The Balaban J connectivity index is 1.89. The third-order valence-electron chi connectivity index (χ3n) is 3.72. The minimum absolute atomic E-state index is 0.401. The molecule has 0 fully saturated rings. The van der Waals surface area contributed by atoms with Gasteiger partial charge in [-0.15, -0.1) is 0 Å². The van der Waals surface area contributed by atoms with Crippen LogP contribution in [0.3, 0.4) is 0 Å². The van der Waals surface area contributed by atoms with Crippen molar-refractivity contribution in [3.05, 3.63) is 58.6 Å². The van der Waals surface area contributed by atoms with Crippen LogP contribution >= 0.6 is 11.6 Å². The Morgan fingerprint density at radius 2 is 1.93 bits per heavy atom. The van der Waals surface area contributed by atoms with Gasteiger partial charge in [0.25, 0.3) is 5.91 Å². The fourth-order valence-electron chi connectivity index (χ4n) is 2.33. The summed E-state index contributed by atoms with van der Waals surface area (Å²) in [5.41, 5.74) is 2.16. The molecule has 0 saturated heterocycles. The van der Waals surface area contributed by atoms with E-state index >= 15 is 0 Å². The highest BCUT2D eigenvalue weighted by atomic mass is 35.5. The van der Waals surface area contributed by atoms with Gasteiger partial charge in [-0.1, -0.05) is 23.7 Å². The summed E-state index contributed by atoms with van der Waals surface area (Å²) in [7, 11) is 1.54. The van der Waals surface area contributed by atoms with Crippen LogP contribution in [-0.4, -0.2) is 32.2 Å². The lowest BCUT2D eigenvalue weighted by atomic mass is 10.2. The highest BCUT2D eigenvalue weighted by Gasteiger charge is 2.08. The number of halogens is 1. The van der Waals surface area contributed by atoms with Crippen molar-refractivity contribution >= 4 is 35.2 Å². The highest BCUT2D eigenvalue weighted by Crippen LogP contribution is 2.28. The van der Waals surface area contributed by atoms with Crippen molar-refractivity contribution in [2.75, 3.05) is 25.6 Å². The van der Waals surface area contributed by atoms with Gasteiger partial charge in [0, 0.05) is 16.8 Å². The Bertz CT molecular complexity index is 879. The van der Waals surface area contributed by atoms with Gasteiger partial charge in [0.1, 0.15) is 0 Å². The van der Waals surface area contributed by atoms with E-state index in [1.807, 2.05) is 13.8 Å². The number of carbonyl (C=O) groups excluding carboxylic acids is 2. The van der Waals surface area contributed by atoms with Gasteiger partial charge in [-0.3, -0.25) is 4.79 Å². The summed E-state index contributed by atoms with van der Waals surface area (Å²) in [6.45, 7) is 3.84. The van der Waals surface area contributed by atoms with E-state index in [1.165, 1.54) is 6.08 Å². The number of aryl methyl sites for hydroxylation is 1. The first-order chi connectivity index (χ1) is 13.4. The van der Waals surface area contributed by atoms with Crippen molar-refractivity contribution in [3.63, 3.8) is 0 Å². The molecule has 0 aliphatic rings. The Morgan fingerprint density at radius 3 is 2.64 bits per heavy atom. The molecule has 1 N–H and O–H groups in total. The second-order valence-corrected chi connectivity index (χ2v) is 6.23. The minimum atomic E-state index is -0.634. The van der Waals surface area contributed by atoms with Gasteiger partial charge in [-0.05, 0) is 55.3 Å². The Labute approximate surface area is 169 Å². The molecule has 2 aromatic carbocycles. The number of ether oxygens (including phenoxy) is 3. The molecule has 148 valence electrons. The third kappa shape index (κ3) is 6.32. The maximum absolute atomic E-state index is 12.0. The average molecular weight is 404 g/mol. The number of benzene rings is 2. The van der Waals surface area contributed by atoms with Crippen molar-refractivity contribution < 1.29 is 23.8 Å². The lowest BCUT2D eigenvalue weighted by molar-refractivity contribution is -0.142. The first-order valence-electron chi connectivity index (χ1n) is 8.64. The predicted molar refractivity (Wildman–Crippen MR) is 109 cm³/mol. The maximum atomic E-state index is 12.0. The summed E-state index contributed by atoms with van der Waals surface area (Å²) in [6.07, 6.45) is 2.81. The van der Waals surface area contributed by atoms with Crippen LogP contribution in [0.25, 0.3) is 6.08 Å². The van der Waals surface area contributed by atoms with Gasteiger partial charge >= 0.3 is 5.97 Å². The van der Waals surface area contributed by atoms with Crippen molar-refractivity contribution in [2.45, 2.75) is 13.8 Å². The van der Waals surface area contributed by atoms with E-state index in [1.54, 1.807) is 49.6 Å². The largest absolute Gasteiger partial charge is 0.493 e. The van der Waals surface area contributed by atoms with Crippen LogP contribution < -0.4 is 14.8 Å². The lowest BCUT2D eigenvalue weighted by Crippen LogP contribution is -2.20. The number of hydrogen-bond acceptors (Lipinski definition) is 5. The van der Waals surface area contributed by atoms with E-state index in [0.717, 1.165) is 11.1 Å². The van der Waals surface area contributed by atoms with Crippen molar-refractivity contribution in [1.29, 1.82) is 0 Å². The molecule has 28 heavy (non-hydrogen) atoms. The second kappa shape index (κ2) is 10.4. The molecule has 1 amide bonds. The number of nitrogens with one attached hydrogen (secondary N) is 1. The van der Waals surface area contributed by atoms with Gasteiger partial charge in [0.05, 0.1) is 13.7 Å². The quantitative estimate of drug-likeness (QED) is 0.526. The van der Waals surface area contributed by atoms with Gasteiger partial charge < -0.3 is 19.5 Å². The van der Waals surface area contributed by atoms with Gasteiger partial charge in [-0.25, -0.2) is 4.79 Å². The van der Waals surface area contributed by atoms with Crippen LogP contribution in [0.15, 0.2) is 42.5 Å². The van der Waals surface area contributed by atoms with Crippen LogP contribution in [0.2, 0.25) is 5.02 Å². The molecule has 0 spiro atoms. The first-order valence-corrected chi connectivity index (χ1v) is 9.02. The molecule has 0 aromatic heterocycles. The Hall–Kier alpha value is -2.99. The van der Waals surface area contributed by atoms with E-state index in [9.17, 15) is 9.59 Å². The van der Waals surface area contributed by atoms with E-state index in [4.69, 9.17) is 25.8 Å². The smallest absolute Gasteiger partial charge is 0.331 e. The van der Waals surface area contributed by atoms with Crippen LogP contribution in [0.4, 0.5) is 5.69 Å². The summed E-state index contributed by atoms with van der Waals surface area (Å²) in [5, 5.41) is 3.16. The summed E-state index contributed by atoms with van der Waals surface area (Å²) in [6, 6.07) is 10.4. The van der Waals surface area contributed by atoms with Crippen molar-refractivity contribution in [2.24, 2.45) is 0 Å². The Morgan fingerprint density at radius 1 is 1.14 bits per heavy atom. The van der Waals surface area contributed by atoms with Crippen molar-refractivity contribution in [1.82, 2.24) is 0 Å². The lowest BCUT2D eigenvalue weighted by Gasteiger charge is -2.09. The first kappa shape index (κ1) is 21.3. The molecule has 0 bridgehead atoms. The molecule has 0 radical (unpaired) electrons. The molecule has 0 aliphatic carbocycles. The molecule has 0 saturated carbocycles.